The topological polar surface area (TPSA) is 99.8 Å². The fraction of sp³-hybridized carbons (Fsp3) is 0.300. The fourth-order valence-corrected chi connectivity index (χ4v) is 3.21. The number of amides is 2. The summed E-state index contributed by atoms with van der Waals surface area (Å²) in [4.78, 5) is 35.7. The van der Waals surface area contributed by atoms with E-state index >= 15 is 0 Å². The van der Waals surface area contributed by atoms with Crippen LogP contribution in [0.4, 0.5) is 18.9 Å². The second kappa shape index (κ2) is 7.43. The van der Waals surface area contributed by atoms with E-state index in [0.717, 1.165) is 35.2 Å². The maximum Gasteiger partial charge on any atom is 0.433 e. The molecule has 3 atom stereocenters. The lowest BCUT2D eigenvalue weighted by Crippen LogP contribution is -2.42. The number of hydrogen-bond acceptors (Lipinski definition) is 4. The van der Waals surface area contributed by atoms with Crippen LogP contribution >= 0.6 is 0 Å². The van der Waals surface area contributed by atoms with Gasteiger partial charge >= 0.3 is 6.18 Å². The van der Waals surface area contributed by atoms with Crippen molar-refractivity contribution in [1.29, 1.82) is 0 Å². The molecule has 1 aromatic carbocycles. The molecule has 0 aliphatic heterocycles. The first-order chi connectivity index (χ1) is 14.2. The number of benzene rings is 1. The third-order valence-electron chi connectivity index (χ3n) is 4.96. The summed E-state index contributed by atoms with van der Waals surface area (Å²) in [5.41, 5.74) is 0.792. The Morgan fingerprint density at radius 1 is 1.20 bits per heavy atom. The Balaban J connectivity index is 1.32. The molecular weight excluding hydrogens is 399 g/mol. The predicted octanol–water partition coefficient (Wildman–Crippen LogP) is 3.22. The van der Waals surface area contributed by atoms with Crippen LogP contribution < -0.4 is 10.6 Å². The highest BCUT2D eigenvalue weighted by Gasteiger charge is 2.46. The number of hydrogen-bond donors (Lipinski definition) is 3. The van der Waals surface area contributed by atoms with Gasteiger partial charge in [-0.25, -0.2) is 9.97 Å². The van der Waals surface area contributed by atoms with Gasteiger partial charge in [-0.2, -0.15) is 13.2 Å². The first-order valence-corrected chi connectivity index (χ1v) is 9.31. The molecule has 0 saturated heterocycles. The lowest BCUT2D eigenvalue weighted by Gasteiger charge is -2.14. The molecule has 7 nitrogen and oxygen atoms in total. The number of anilines is 1. The first-order valence-electron chi connectivity index (χ1n) is 9.31. The molecule has 1 saturated carbocycles. The largest absolute Gasteiger partial charge is 0.433 e. The van der Waals surface area contributed by atoms with Crippen molar-refractivity contribution in [2.75, 3.05) is 5.32 Å². The van der Waals surface area contributed by atoms with Crippen LogP contribution in [0.2, 0.25) is 0 Å². The van der Waals surface area contributed by atoms with E-state index < -0.39 is 23.8 Å². The highest BCUT2D eigenvalue weighted by atomic mass is 19.4. The lowest BCUT2D eigenvalue weighted by atomic mass is 10.2. The summed E-state index contributed by atoms with van der Waals surface area (Å²) in [5.74, 6) is -0.399. The Morgan fingerprint density at radius 2 is 1.97 bits per heavy atom. The first kappa shape index (κ1) is 19.9. The van der Waals surface area contributed by atoms with E-state index in [9.17, 15) is 22.8 Å². The predicted molar refractivity (Wildman–Crippen MR) is 102 cm³/mol. The summed E-state index contributed by atoms with van der Waals surface area (Å²) in [6.45, 7) is 1.50. The zero-order valence-corrected chi connectivity index (χ0v) is 15.8. The van der Waals surface area contributed by atoms with E-state index in [4.69, 9.17) is 0 Å². The monoisotopic (exact) mass is 417 g/mol. The number of aromatic nitrogens is 3. The molecule has 2 heterocycles. The van der Waals surface area contributed by atoms with Gasteiger partial charge in [-0.05, 0) is 37.6 Å². The SMILES string of the molecule is CC(NC(=O)C1CC1c1nc2ccccc2[nH]1)C(=O)Nc1ccc(C(F)(F)F)nc1. The highest BCUT2D eigenvalue weighted by Crippen LogP contribution is 2.46. The van der Waals surface area contributed by atoms with Gasteiger partial charge in [0.1, 0.15) is 17.6 Å². The molecule has 0 spiro atoms. The van der Waals surface area contributed by atoms with Crippen LogP contribution in [0.15, 0.2) is 42.6 Å². The number of carbonyl (C=O) groups is 2. The van der Waals surface area contributed by atoms with E-state index in [1.807, 2.05) is 24.3 Å². The van der Waals surface area contributed by atoms with Crippen LogP contribution in [0.1, 0.15) is 30.8 Å². The van der Waals surface area contributed by atoms with Crippen LogP contribution in [0.25, 0.3) is 11.0 Å². The minimum absolute atomic E-state index is 0.0354. The second-order valence-corrected chi connectivity index (χ2v) is 7.24. The van der Waals surface area contributed by atoms with Crippen molar-refractivity contribution in [1.82, 2.24) is 20.3 Å². The Morgan fingerprint density at radius 3 is 2.63 bits per heavy atom. The van der Waals surface area contributed by atoms with Crippen molar-refractivity contribution < 1.29 is 22.8 Å². The number of rotatable bonds is 5. The maximum atomic E-state index is 12.5. The molecule has 3 N–H and O–H groups in total. The summed E-state index contributed by atoms with van der Waals surface area (Å²) in [5, 5.41) is 5.08. The summed E-state index contributed by atoms with van der Waals surface area (Å²) >= 11 is 0. The van der Waals surface area contributed by atoms with Crippen molar-refractivity contribution in [3.63, 3.8) is 0 Å². The molecule has 4 rings (SSSR count). The summed E-state index contributed by atoms with van der Waals surface area (Å²) < 4.78 is 37.6. The summed E-state index contributed by atoms with van der Waals surface area (Å²) in [7, 11) is 0. The van der Waals surface area contributed by atoms with E-state index in [-0.39, 0.29) is 23.4 Å². The fourth-order valence-electron chi connectivity index (χ4n) is 3.21. The normalized spacial score (nSPS) is 19.3. The molecule has 0 bridgehead atoms. The number of pyridine rings is 1. The van der Waals surface area contributed by atoms with Gasteiger partial charge < -0.3 is 15.6 Å². The van der Waals surface area contributed by atoms with Crippen molar-refractivity contribution in [3.8, 4) is 0 Å². The van der Waals surface area contributed by atoms with Gasteiger partial charge in [0.25, 0.3) is 0 Å². The standard InChI is InChI=1S/C20H18F3N5O2/c1-10(18(29)26-11-6-7-16(24-9-11)20(21,22)23)25-19(30)13-8-12(13)17-27-14-4-2-3-5-15(14)28-17/h2-7,9-10,12-13H,8H2,1H3,(H,25,30)(H,26,29)(H,27,28). The number of imidazole rings is 1. The van der Waals surface area contributed by atoms with Crippen molar-refractivity contribution in [2.45, 2.75) is 31.5 Å². The number of fused-ring (bicyclic) bond motifs is 1. The van der Waals surface area contributed by atoms with E-state index in [2.05, 4.69) is 25.6 Å². The molecule has 1 fully saturated rings. The molecule has 1 aliphatic rings. The lowest BCUT2D eigenvalue weighted by molar-refractivity contribution is -0.141. The van der Waals surface area contributed by atoms with Gasteiger partial charge in [-0.3, -0.25) is 9.59 Å². The van der Waals surface area contributed by atoms with E-state index in [1.54, 1.807) is 0 Å². The summed E-state index contributed by atoms with van der Waals surface area (Å²) in [6.07, 6.45) is -3.00. The molecule has 1 aliphatic carbocycles. The molecule has 3 unspecified atom stereocenters. The molecule has 0 radical (unpaired) electrons. The smallest absolute Gasteiger partial charge is 0.344 e. The van der Waals surface area contributed by atoms with Gasteiger partial charge in [-0.1, -0.05) is 12.1 Å². The maximum absolute atomic E-state index is 12.5. The number of nitrogens with zero attached hydrogens (tertiary/aromatic N) is 2. The van der Waals surface area contributed by atoms with Gasteiger partial charge in [0.2, 0.25) is 11.8 Å². The van der Waals surface area contributed by atoms with Crippen LogP contribution in [0.3, 0.4) is 0 Å². The van der Waals surface area contributed by atoms with Crippen LogP contribution in [0.5, 0.6) is 0 Å². The Bertz CT molecular complexity index is 1060. The van der Waals surface area contributed by atoms with Crippen molar-refractivity contribution >= 4 is 28.5 Å². The molecule has 156 valence electrons. The number of para-hydroxylation sites is 2. The van der Waals surface area contributed by atoms with E-state index in [0.29, 0.717) is 6.42 Å². The average molecular weight is 417 g/mol. The zero-order chi connectivity index (χ0) is 21.5. The van der Waals surface area contributed by atoms with E-state index in [1.165, 1.54) is 6.92 Å². The zero-order valence-electron chi connectivity index (χ0n) is 15.8. The molecule has 2 aromatic heterocycles. The van der Waals surface area contributed by atoms with Crippen molar-refractivity contribution in [3.05, 3.63) is 54.1 Å². The molecule has 30 heavy (non-hydrogen) atoms. The second-order valence-electron chi connectivity index (χ2n) is 7.24. The van der Waals surface area contributed by atoms with Gasteiger partial charge in [0.15, 0.2) is 0 Å². The Kier molecular flexibility index (Phi) is 4.92. The third-order valence-corrected chi connectivity index (χ3v) is 4.96. The number of alkyl halides is 3. The number of nitrogens with one attached hydrogen (secondary N) is 3. The van der Waals surface area contributed by atoms with Gasteiger partial charge in [-0.15, -0.1) is 0 Å². The minimum Gasteiger partial charge on any atom is -0.344 e. The number of carbonyl (C=O) groups excluding carboxylic acids is 2. The van der Waals surface area contributed by atoms with Crippen LogP contribution in [-0.2, 0) is 15.8 Å². The minimum atomic E-state index is -4.55. The van der Waals surface area contributed by atoms with Crippen molar-refractivity contribution in [2.24, 2.45) is 5.92 Å². The number of aromatic amines is 1. The highest BCUT2D eigenvalue weighted by molar-refractivity contribution is 5.97. The number of halogens is 3. The molecule has 3 aromatic rings. The average Bonchev–Trinajstić information content (AvgIpc) is 3.39. The van der Waals surface area contributed by atoms with Gasteiger partial charge in [0, 0.05) is 11.8 Å². The van der Waals surface area contributed by atoms with Crippen LogP contribution in [-0.4, -0.2) is 32.8 Å². The number of H-pyrrole nitrogens is 1. The Hall–Kier alpha value is -3.43. The van der Waals surface area contributed by atoms with Gasteiger partial charge in [0.05, 0.1) is 22.9 Å². The Labute approximate surface area is 169 Å². The quantitative estimate of drug-likeness (QED) is 0.594. The molecular formula is C20H18F3N5O2. The molecule has 2 amide bonds. The summed E-state index contributed by atoms with van der Waals surface area (Å²) in [6, 6.07) is 8.60. The third kappa shape index (κ3) is 4.12. The molecule has 10 heteroatoms. The van der Waals surface area contributed by atoms with Crippen LogP contribution in [0, 0.1) is 5.92 Å².